The minimum atomic E-state index is 0.0607. The smallest absolute Gasteiger partial charge is 0.0497 e. The molecule has 2 N–H and O–H groups in total. The lowest BCUT2D eigenvalue weighted by Gasteiger charge is -2.33. The van der Waals surface area contributed by atoms with Crippen molar-refractivity contribution in [3.05, 3.63) is 33.8 Å². The molecule has 1 aliphatic heterocycles. The fraction of sp³-hybridized carbons (Fsp3) is 0.625. The topological polar surface area (TPSA) is 32.5 Å². The first kappa shape index (κ1) is 17.0. The van der Waals surface area contributed by atoms with Crippen molar-refractivity contribution in [1.82, 2.24) is 9.80 Å². The molecule has 21 heavy (non-hydrogen) atoms. The Morgan fingerprint density at radius 2 is 2.05 bits per heavy atom. The predicted octanol–water partition coefficient (Wildman–Crippen LogP) is 3.41. The van der Waals surface area contributed by atoms with E-state index >= 15 is 0 Å². The normalized spacial score (nSPS) is 21.1. The fourth-order valence-corrected chi connectivity index (χ4v) is 3.97. The second kappa shape index (κ2) is 7.80. The largest absolute Gasteiger partial charge is 0.329 e. The number of hydrogen-bond acceptors (Lipinski definition) is 3. The van der Waals surface area contributed by atoms with Crippen molar-refractivity contribution in [2.24, 2.45) is 5.73 Å². The zero-order valence-electron chi connectivity index (χ0n) is 12.9. The number of nitrogens with two attached hydrogens (primary N) is 1. The van der Waals surface area contributed by atoms with Gasteiger partial charge in [-0.05, 0) is 45.1 Å². The van der Waals surface area contributed by atoms with E-state index in [1.165, 1.54) is 19.4 Å². The number of halogens is 2. The van der Waals surface area contributed by atoms with Gasteiger partial charge in [-0.3, -0.25) is 9.80 Å². The first-order valence-electron chi connectivity index (χ1n) is 7.66. The summed E-state index contributed by atoms with van der Waals surface area (Å²) in [6.45, 7) is 6.05. The van der Waals surface area contributed by atoms with Gasteiger partial charge in [0.1, 0.15) is 0 Å². The minimum absolute atomic E-state index is 0.0607. The molecule has 3 nitrogen and oxygen atoms in total. The maximum Gasteiger partial charge on any atom is 0.0497 e. The molecule has 0 amide bonds. The third kappa shape index (κ3) is 3.91. The highest BCUT2D eigenvalue weighted by molar-refractivity contribution is 6.36. The van der Waals surface area contributed by atoms with E-state index in [1.807, 2.05) is 18.2 Å². The van der Waals surface area contributed by atoms with Crippen molar-refractivity contribution in [3.63, 3.8) is 0 Å². The van der Waals surface area contributed by atoms with Crippen LogP contribution >= 0.6 is 23.2 Å². The zero-order valence-corrected chi connectivity index (χ0v) is 14.4. The first-order valence-corrected chi connectivity index (χ1v) is 8.42. The summed E-state index contributed by atoms with van der Waals surface area (Å²) in [7, 11) is 2.11. The van der Waals surface area contributed by atoms with E-state index in [1.54, 1.807) is 0 Å². The molecule has 1 aliphatic rings. The van der Waals surface area contributed by atoms with Crippen LogP contribution in [0.5, 0.6) is 0 Å². The number of rotatable bonds is 6. The molecule has 118 valence electrons. The van der Waals surface area contributed by atoms with Crippen LogP contribution in [0.2, 0.25) is 10.0 Å². The highest BCUT2D eigenvalue weighted by atomic mass is 35.5. The standard InChI is InChI=1S/C16H25Cl2N3/c1-3-21-9-5-6-12(21)11-20(2)15(10-19)16-13(17)7-4-8-14(16)18/h4,7-8,12,15H,3,5-6,9-11,19H2,1-2H3. The molecule has 0 radical (unpaired) electrons. The third-order valence-corrected chi connectivity index (χ3v) is 5.15. The Kier molecular flexibility index (Phi) is 6.33. The predicted molar refractivity (Wildman–Crippen MR) is 91.2 cm³/mol. The molecule has 0 spiro atoms. The SMILES string of the molecule is CCN1CCCC1CN(C)C(CN)c1c(Cl)cccc1Cl. The summed E-state index contributed by atoms with van der Waals surface area (Å²) >= 11 is 12.7. The van der Waals surface area contributed by atoms with E-state index in [2.05, 4.69) is 23.8 Å². The van der Waals surface area contributed by atoms with Gasteiger partial charge in [0, 0.05) is 40.8 Å². The second-order valence-corrected chi connectivity index (χ2v) is 6.57. The van der Waals surface area contributed by atoms with Crippen molar-refractivity contribution in [2.75, 3.05) is 33.2 Å². The summed E-state index contributed by atoms with van der Waals surface area (Å²) in [5.41, 5.74) is 6.96. The van der Waals surface area contributed by atoms with Gasteiger partial charge in [0.2, 0.25) is 0 Å². The van der Waals surface area contributed by atoms with Crippen LogP contribution in [-0.4, -0.2) is 49.1 Å². The van der Waals surface area contributed by atoms with Gasteiger partial charge in [0.05, 0.1) is 0 Å². The van der Waals surface area contributed by atoms with E-state index in [0.29, 0.717) is 22.6 Å². The van der Waals surface area contributed by atoms with E-state index in [9.17, 15) is 0 Å². The molecule has 2 atom stereocenters. The average Bonchev–Trinajstić information content (AvgIpc) is 2.90. The molecule has 0 aromatic heterocycles. The number of hydrogen-bond donors (Lipinski definition) is 1. The number of likely N-dealkylation sites (tertiary alicyclic amines) is 1. The lowest BCUT2D eigenvalue weighted by atomic mass is 10.0. The molecule has 2 rings (SSSR count). The Bertz CT molecular complexity index is 447. The summed E-state index contributed by atoms with van der Waals surface area (Å²) in [6, 6.07) is 6.30. The van der Waals surface area contributed by atoms with Crippen LogP contribution in [0.15, 0.2) is 18.2 Å². The molecule has 1 aromatic carbocycles. The molecule has 0 saturated carbocycles. The zero-order chi connectivity index (χ0) is 15.4. The van der Waals surface area contributed by atoms with E-state index in [0.717, 1.165) is 18.7 Å². The maximum atomic E-state index is 6.34. The molecular formula is C16H25Cl2N3. The molecule has 5 heteroatoms. The van der Waals surface area contributed by atoms with Crippen LogP contribution < -0.4 is 5.73 Å². The molecule has 1 heterocycles. The fourth-order valence-electron chi connectivity index (χ4n) is 3.33. The lowest BCUT2D eigenvalue weighted by molar-refractivity contribution is 0.166. The van der Waals surface area contributed by atoms with Gasteiger partial charge >= 0.3 is 0 Å². The van der Waals surface area contributed by atoms with Crippen LogP contribution in [0.1, 0.15) is 31.4 Å². The number of nitrogens with zero attached hydrogens (tertiary/aromatic N) is 2. The average molecular weight is 330 g/mol. The van der Waals surface area contributed by atoms with Gasteiger partial charge in [-0.2, -0.15) is 0 Å². The van der Waals surface area contributed by atoms with Gasteiger partial charge in [0.15, 0.2) is 0 Å². The summed E-state index contributed by atoms with van der Waals surface area (Å²) in [6.07, 6.45) is 2.54. The van der Waals surface area contributed by atoms with Gasteiger partial charge in [0.25, 0.3) is 0 Å². The first-order chi connectivity index (χ1) is 10.1. The van der Waals surface area contributed by atoms with Gasteiger partial charge in [-0.15, -0.1) is 0 Å². The molecule has 1 fully saturated rings. The Morgan fingerprint density at radius 3 is 2.62 bits per heavy atom. The molecule has 2 unspecified atom stereocenters. The summed E-state index contributed by atoms with van der Waals surface area (Å²) < 4.78 is 0. The van der Waals surface area contributed by atoms with Crippen molar-refractivity contribution >= 4 is 23.2 Å². The quantitative estimate of drug-likeness (QED) is 0.868. The van der Waals surface area contributed by atoms with E-state index in [-0.39, 0.29) is 6.04 Å². The van der Waals surface area contributed by atoms with Gasteiger partial charge in [-0.25, -0.2) is 0 Å². The van der Waals surface area contributed by atoms with Crippen LogP contribution in [0.3, 0.4) is 0 Å². The van der Waals surface area contributed by atoms with Crippen LogP contribution in [0.4, 0.5) is 0 Å². The van der Waals surface area contributed by atoms with Crippen molar-refractivity contribution in [1.29, 1.82) is 0 Å². The summed E-state index contributed by atoms with van der Waals surface area (Å²) in [4.78, 5) is 4.84. The maximum absolute atomic E-state index is 6.34. The highest BCUT2D eigenvalue weighted by Gasteiger charge is 2.28. The van der Waals surface area contributed by atoms with Crippen molar-refractivity contribution in [3.8, 4) is 0 Å². The highest BCUT2D eigenvalue weighted by Crippen LogP contribution is 2.33. The third-order valence-electron chi connectivity index (χ3n) is 4.49. The monoisotopic (exact) mass is 329 g/mol. The van der Waals surface area contributed by atoms with Crippen molar-refractivity contribution in [2.45, 2.75) is 31.8 Å². The molecule has 1 saturated heterocycles. The Morgan fingerprint density at radius 1 is 1.38 bits per heavy atom. The Balaban J connectivity index is 2.13. The molecular weight excluding hydrogens is 305 g/mol. The van der Waals surface area contributed by atoms with Gasteiger partial charge < -0.3 is 5.73 Å². The van der Waals surface area contributed by atoms with Crippen LogP contribution in [0.25, 0.3) is 0 Å². The lowest BCUT2D eigenvalue weighted by Crippen LogP contribution is -2.42. The Hall–Kier alpha value is -0.320. The minimum Gasteiger partial charge on any atom is -0.329 e. The molecule has 1 aromatic rings. The van der Waals surface area contributed by atoms with Crippen LogP contribution in [0, 0.1) is 0 Å². The second-order valence-electron chi connectivity index (χ2n) is 5.75. The van der Waals surface area contributed by atoms with Crippen LogP contribution in [-0.2, 0) is 0 Å². The van der Waals surface area contributed by atoms with E-state index < -0.39 is 0 Å². The summed E-state index contributed by atoms with van der Waals surface area (Å²) in [5.74, 6) is 0. The number of likely N-dealkylation sites (N-methyl/N-ethyl adjacent to an activating group) is 2. The van der Waals surface area contributed by atoms with Crippen molar-refractivity contribution < 1.29 is 0 Å². The molecule has 0 bridgehead atoms. The molecule has 0 aliphatic carbocycles. The number of benzene rings is 1. The summed E-state index contributed by atoms with van der Waals surface area (Å²) in [5, 5.41) is 1.40. The van der Waals surface area contributed by atoms with E-state index in [4.69, 9.17) is 28.9 Å². The Labute approximate surface area is 138 Å². The van der Waals surface area contributed by atoms with Gasteiger partial charge in [-0.1, -0.05) is 36.2 Å².